The zero-order chi connectivity index (χ0) is 22.2. The first kappa shape index (κ1) is 21.9. The second-order valence-electron chi connectivity index (χ2n) is 7.45. The predicted octanol–water partition coefficient (Wildman–Crippen LogP) is 4.83. The summed E-state index contributed by atoms with van der Waals surface area (Å²) in [5.74, 6) is -0.266. The van der Waals surface area contributed by atoms with E-state index in [2.05, 4.69) is 16.0 Å². The first-order valence-electron chi connectivity index (χ1n) is 10.1. The van der Waals surface area contributed by atoms with Crippen LogP contribution in [0.5, 0.6) is 5.75 Å². The van der Waals surface area contributed by atoms with Gasteiger partial charge in [-0.3, -0.25) is 9.59 Å². The summed E-state index contributed by atoms with van der Waals surface area (Å²) in [5.41, 5.74) is 2.94. The van der Waals surface area contributed by atoms with E-state index in [0.29, 0.717) is 17.0 Å². The standard InChI is InChI=1S/C25H27N3O3/c1-17(2)23(28-24(29)21-11-7-8-12-22(21)31-3)25(30)27-20-15-13-19(14-16-20)26-18-9-5-4-6-10-18/h4-17,23,26H,1-3H3,(H,27,30)(H,28,29). The van der Waals surface area contributed by atoms with Crippen molar-refractivity contribution in [3.8, 4) is 5.75 Å². The molecule has 0 radical (unpaired) electrons. The Labute approximate surface area is 182 Å². The van der Waals surface area contributed by atoms with Gasteiger partial charge in [-0.25, -0.2) is 0 Å². The lowest BCUT2D eigenvalue weighted by molar-refractivity contribution is -0.118. The molecule has 2 amide bonds. The molecule has 3 rings (SSSR count). The molecular weight excluding hydrogens is 390 g/mol. The minimum absolute atomic E-state index is 0.0994. The lowest BCUT2D eigenvalue weighted by atomic mass is 10.0. The third-order valence-corrected chi connectivity index (χ3v) is 4.80. The number of anilines is 3. The van der Waals surface area contributed by atoms with Crippen molar-refractivity contribution >= 4 is 28.9 Å². The Morgan fingerprint density at radius 1 is 0.774 bits per heavy atom. The van der Waals surface area contributed by atoms with Crippen molar-refractivity contribution in [2.75, 3.05) is 17.7 Å². The summed E-state index contributed by atoms with van der Waals surface area (Å²) in [7, 11) is 1.51. The predicted molar refractivity (Wildman–Crippen MR) is 124 cm³/mol. The van der Waals surface area contributed by atoms with Crippen molar-refractivity contribution in [1.29, 1.82) is 0 Å². The molecule has 0 aliphatic rings. The number of hydrogen-bond acceptors (Lipinski definition) is 4. The number of benzene rings is 3. The van der Waals surface area contributed by atoms with E-state index >= 15 is 0 Å². The van der Waals surface area contributed by atoms with Gasteiger partial charge in [0.1, 0.15) is 11.8 Å². The van der Waals surface area contributed by atoms with Crippen LogP contribution < -0.4 is 20.7 Å². The SMILES string of the molecule is COc1ccccc1C(=O)NC(C(=O)Nc1ccc(Nc2ccccc2)cc1)C(C)C. The largest absolute Gasteiger partial charge is 0.496 e. The quantitative estimate of drug-likeness (QED) is 0.490. The molecule has 0 heterocycles. The zero-order valence-corrected chi connectivity index (χ0v) is 17.9. The van der Waals surface area contributed by atoms with Crippen LogP contribution in [0.1, 0.15) is 24.2 Å². The third kappa shape index (κ3) is 5.85. The number of carbonyl (C=O) groups excluding carboxylic acids is 2. The number of carbonyl (C=O) groups is 2. The molecule has 0 aliphatic heterocycles. The smallest absolute Gasteiger partial charge is 0.255 e. The third-order valence-electron chi connectivity index (χ3n) is 4.80. The summed E-state index contributed by atoms with van der Waals surface area (Å²) in [5, 5.41) is 9.01. The highest BCUT2D eigenvalue weighted by atomic mass is 16.5. The van der Waals surface area contributed by atoms with Gasteiger partial charge >= 0.3 is 0 Å². The number of nitrogens with one attached hydrogen (secondary N) is 3. The van der Waals surface area contributed by atoms with E-state index in [9.17, 15) is 9.59 Å². The lowest BCUT2D eigenvalue weighted by Crippen LogP contribution is -2.47. The van der Waals surface area contributed by atoms with Crippen LogP contribution in [0.3, 0.4) is 0 Å². The Bertz CT molecular complexity index is 1020. The Morgan fingerprint density at radius 2 is 1.35 bits per heavy atom. The Kier molecular flexibility index (Phi) is 7.27. The van der Waals surface area contributed by atoms with Crippen LogP contribution in [0.4, 0.5) is 17.1 Å². The van der Waals surface area contributed by atoms with Crippen molar-refractivity contribution < 1.29 is 14.3 Å². The normalized spacial score (nSPS) is 11.5. The van der Waals surface area contributed by atoms with Crippen molar-refractivity contribution in [3.05, 3.63) is 84.4 Å². The van der Waals surface area contributed by atoms with Crippen LogP contribution in [0.2, 0.25) is 0 Å². The van der Waals surface area contributed by atoms with E-state index in [-0.39, 0.29) is 17.7 Å². The second kappa shape index (κ2) is 10.3. The van der Waals surface area contributed by atoms with Crippen molar-refractivity contribution in [3.63, 3.8) is 0 Å². The number of ether oxygens (including phenoxy) is 1. The highest BCUT2D eigenvalue weighted by Gasteiger charge is 2.25. The summed E-state index contributed by atoms with van der Waals surface area (Å²) < 4.78 is 5.25. The van der Waals surface area contributed by atoms with Crippen LogP contribution in [0, 0.1) is 5.92 Å². The number of rotatable bonds is 8. The molecule has 160 valence electrons. The molecule has 3 aromatic rings. The number of amides is 2. The van der Waals surface area contributed by atoms with Crippen LogP contribution in [-0.2, 0) is 4.79 Å². The zero-order valence-electron chi connectivity index (χ0n) is 17.9. The average molecular weight is 418 g/mol. The Hall–Kier alpha value is -3.80. The van der Waals surface area contributed by atoms with E-state index in [4.69, 9.17) is 4.74 Å². The number of para-hydroxylation sites is 2. The van der Waals surface area contributed by atoms with Gasteiger partial charge in [0.05, 0.1) is 12.7 Å². The number of methoxy groups -OCH3 is 1. The summed E-state index contributed by atoms with van der Waals surface area (Å²) in [6.45, 7) is 3.78. The van der Waals surface area contributed by atoms with Gasteiger partial charge in [0.2, 0.25) is 5.91 Å². The van der Waals surface area contributed by atoms with Crippen LogP contribution in [-0.4, -0.2) is 25.0 Å². The molecule has 1 atom stereocenters. The molecule has 1 unspecified atom stereocenters. The molecule has 3 aromatic carbocycles. The topological polar surface area (TPSA) is 79.5 Å². The first-order valence-corrected chi connectivity index (χ1v) is 10.1. The van der Waals surface area contributed by atoms with Gasteiger partial charge in [0.25, 0.3) is 5.91 Å². The van der Waals surface area contributed by atoms with Gasteiger partial charge < -0.3 is 20.7 Å². The Balaban J connectivity index is 1.65. The van der Waals surface area contributed by atoms with Gasteiger partial charge in [-0.05, 0) is 54.4 Å². The monoisotopic (exact) mass is 417 g/mol. The molecular formula is C25H27N3O3. The minimum atomic E-state index is -0.695. The van der Waals surface area contributed by atoms with Crippen molar-refractivity contribution in [2.45, 2.75) is 19.9 Å². The molecule has 0 fully saturated rings. The van der Waals surface area contributed by atoms with Gasteiger partial charge in [0.15, 0.2) is 0 Å². The van der Waals surface area contributed by atoms with Crippen molar-refractivity contribution in [1.82, 2.24) is 5.32 Å². The fourth-order valence-electron chi connectivity index (χ4n) is 3.13. The fourth-order valence-corrected chi connectivity index (χ4v) is 3.13. The Morgan fingerprint density at radius 3 is 2.00 bits per heavy atom. The maximum atomic E-state index is 12.9. The molecule has 3 N–H and O–H groups in total. The van der Waals surface area contributed by atoms with Crippen LogP contribution >= 0.6 is 0 Å². The van der Waals surface area contributed by atoms with Crippen LogP contribution in [0.15, 0.2) is 78.9 Å². The molecule has 31 heavy (non-hydrogen) atoms. The minimum Gasteiger partial charge on any atom is -0.496 e. The molecule has 0 saturated carbocycles. The second-order valence-corrected chi connectivity index (χ2v) is 7.45. The summed E-state index contributed by atoms with van der Waals surface area (Å²) in [6, 6.07) is 23.5. The highest BCUT2D eigenvalue weighted by Crippen LogP contribution is 2.20. The summed E-state index contributed by atoms with van der Waals surface area (Å²) in [4.78, 5) is 25.6. The van der Waals surface area contributed by atoms with Gasteiger partial charge in [-0.1, -0.05) is 44.2 Å². The summed E-state index contributed by atoms with van der Waals surface area (Å²) >= 11 is 0. The molecule has 0 bridgehead atoms. The van der Waals surface area contributed by atoms with Gasteiger partial charge in [-0.15, -0.1) is 0 Å². The fraction of sp³-hybridized carbons (Fsp3) is 0.200. The average Bonchev–Trinajstić information content (AvgIpc) is 2.79. The van der Waals surface area contributed by atoms with Crippen LogP contribution in [0.25, 0.3) is 0 Å². The highest BCUT2D eigenvalue weighted by molar-refractivity contribution is 6.02. The van der Waals surface area contributed by atoms with E-state index in [1.807, 2.05) is 68.4 Å². The van der Waals surface area contributed by atoms with E-state index < -0.39 is 6.04 Å². The van der Waals surface area contributed by atoms with Gasteiger partial charge in [-0.2, -0.15) is 0 Å². The first-order chi connectivity index (χ1) is 15.0. The van der Waals surface area contributed by atoms with E-state index in [1.54, 1.807) is 24.3 Å². The molecule has 0 aromatic heterocycles. The molecule has 0 saturated heterocycles. The maximum absolute atomic E-state index is 12.9. The number of hydrogen-bond donors (Lipinski definition) is 3. The molecule has 0 aliphatic carbocycles. The molecule has 0 spiro atoms. The summed E-state index contributed by atoms with van der Waals surface area (Å²) in [6.07, 6.45) is 0. The van der Waals surface area contributed by atoms with E-state index in [1.165, 1.54) is 7.11 Å². The molecule has 6 nitrogen and oxygen atoms in total. The lowest BCUT2D eigenvalue weighted by Gasteiger charge is -2.22. The maximum Gasteiger partial charge on any atom is 0.255 e. The van der Waals surface area contributed by atoms with Crippen molar-refractivity contribution in [2.24, 2.45) is 5.92 Å². The van der Waals surface area contributed by atoms with E-state index in [0.717, 1.165) is 11.4 Å². The molecule has 6 heteroatoms. The van der Waals surface area contributed by atoms with Gasteiger partial charge in [0, 0.05) is 17.1 Å².